The Bertz CT molecular complexity index is 1740. The van der Waals surface area contributed by atoms with Gasteiger partial charge in [-0.1, -0.05) is 65.8 Å². The number of aliphatic hydroxyl groups excluding tert-OH is 1. The molecule has 20 unspecified atom stereocenters. The Balaban J connectivity index is 0.852. The molecule has 0 radical (unpaired) electrons. The highest BCUT2D eigenvalue weighted by atomic mass is 16.8. The molecule has 0 amide bonds. The van der Waals surface area contributed by atoms with Crippen LogP contribution in [0.15, 0.2) is 36.0 Å². The van der Waals surface area contributed by atoms with Crippen molar-refractivity contribution < 1.29 is 58.0 Å². The van der Waals surface area contributed by atoms with Crippen LogP contribution in [0.4, 0.5) is 0 Å². The number of allylic oxidation sites excluding steroid dienone is 1. The van der Waals surface area contributed by atoms with E-state index in [2.05, 4.69) is 59.5 Å². The van der Waals surface area contributed by atoms with E-state index in [0.29, 0.717) is 62.7 Å². The number of fused-ring (bicyclic) bond motifs is 5. The average molecular weight is 856 g/mol. The lowest BCUT2D eigenvalue weighted by molar-refractivity contribution is -0.388. The van der Waals surface area contributed by atoms with E-state index >= 15 is 0 Å². The Morgan fingerprint density at radius 3 is 2.48 bits per heavy atom. The van der Waals surface area contributed by atoms with Crippen LogP contribution < -0.4 is 5.32 Å². The van der Waals surface area contributed by atoms with Gasteiger partial charge in [-0.15, -0.1) is 0 Å². The molecule has 9 heterocycles. The van der Waals surface area contributed by atoms with Gasteiger partial charge in [-0.05, 0) is 87.2 Å². The quantitative estimate of drug-likeness (QED) is 0.178. The number of hydrogen-bond acceptors (Lipinski definition) is 12. The number of carboxylic acids is 1. The van der Waals surface area contributed by atoms with Crippen molar-refractivity contribution in [3.05, 3.63) is 36.0 Å². The second kappa shape index (κ2) is 16.3. The highest BCUT2D eigenvalue weighted by molar-refractivity contribution is 5.66. The van der Waals surface area contributed by atoms with E-state index in [1.807, 2.05) is 19.1 Å². The number of rotatable bonds is 9. The van der Waals surface area contributed by atoms with Gasteiger partial charge in [-0.25, -0.2) is 0 Å². The van der Waals surface area contributed by atoms with Crippen molar-refractivity contribution in [2.45, 2.75) is 210 Å². The first-order chi connectivity index (χ1) is 28.8. The van der Waals surface area contributed by atoms with Crippen LogP contribution in [0, 0.1) is 41.4 Å². The van der Waals surface area contributed by atoms with E-state index in [1.165, 1.54) is 0 Å². The highest BCUT2D eigenvalue weighted by Gasteiger charge is 2.64. The first-order valence-electron chi connectivity index (χ1n) is 23.7. The summed E-state index contributed by atoms with van der Waals surface area (Å²) in [6.07, 6.45) is 10.4. The number of piperidine rings is 1. The Kier molecular flexibility index (Phi) is 11.9. The Labute approximate surface area is 362 Å². The van der Waals surface area contributed by atoms with E-state index in [1.54, 1.807) is 0 Å². The van der Waals surface area contributed by atoms with Crippen molar-refractivity contribution in [2.24, 2.45) is 41.4 Å². The fraction of sp³-hybridized carbons (Fsp3) is 0.854. The lowest BCUT2D eigenvalue weighted by Gasteiger charge is -2.53. The molecular formula is C48H73NO12. The van der Waals surface area contributed by atoms with Crippen LogP contribution in [0.25, 0.3) is 0 Å². The number of hydrogen-bond donors (Lipinski definition) is 4. The minimum atomic E-state index is -1.88. The summed E-state index contributed by atoms with van der Waals surface area (Å²) in [6, 6.07) is 0. The highest BCUT2D eigenvalue weighted by Crippen LogP contribution is 2.56. The van der Waals surface area contributed by atoms with Crippen LogP contribution in [0.1, 0.15) is 132 Å². The molecule has 0 aromatic carbocycles. The van der Waals surface area contributed by atoms with Crippen LogP contribution in [-0.2, 0) is 42.7 Å². The SMILES string of the molecule is C=C(CC12CC(C)CC(O1)C1OC3(CC1O2)NCC(C)CC3C)C1OC(O)(C(O)C2CC3CC(C)C4(CCC5(C=C(C)CC(C=CCCC(=O)O)O5)O4)OC3O2)C(C)CC1C. The zero-order chi connectivity index (χ0) is 43.3. The van der Waals surface area contributed by atoms with Crippen LogP contribution in [0.3, 0.4) is 0 Å². The van der Waals surface area contributed by atoms with E-state index in [-0.39, 0.29) is 54.5 Å². The third kappa shape index (κ3) is 8.16. The summed E-state index contributed by atoms with van der Waals surface area (Å²) >= 11 is 0. The Morgan fingerprint density at radius 2 is 1.70 bits per heavy atom. The second-order valence-corrected chi connectivity index (χ2v) is 21.5. The van der Waals surface area contributed by atoms with Crippen LogP contribution >= 0.6 is 0 Å². The van der Waals surface area contributed by atoms with Crippen LogP contribution in [0.2, 0.25) is 0 Å². The molecule has 9 aliphatic heterocycles. The molecule has 0 aliphatic carbocycles. The van der Waals surface area contributed by atoms with E-state index < -0.39 is 59.4 Å². The fourth-order valence-corrected chi connectivity index (χ4v) is 13.2. The summed E-state index contributed by atoms with van der Waals surface area (Å²) in [7, 11) is 0. The zero-order valence-electron chi connectivity index (χ0n) is 37.5. The third-order valence-corrected chi connectivity index (χ3v) is 16.2. The van der Waals surface area contributed by atoms with Gasteiger partial charge in [0.1, 0.15) is 17.9 Å². The molecule has 0 aromatic rings. The Morgan fingerprint density at radius 1 is 0.918 bits per heavy atom. The van der Waals surface area contributed by atoms with Gasteiger partial charge < -0.3 is 53.2 Å². The number of carbonyl (C=O) groups is 1. The second-order valence-electron chi connectivity index (χ2n) is 21.5. The largest absolute Gasteiger partial charge is 0.481 e. The topological polar surface area (TPSA) is 164 Å². The smallest absolute Gasteiger partial charge is 0.303 e. The van der Waals surface area contributed by atoms with Crippen molar-refractivity contribution in [3.8, 4) is 0 Å². The average Bonchev–Trinajstić information content (AvgIpc) is 3.86. The van der Waals surface area contributed by atoms with Gasteiger partial charge in [-0.2, -0.15) is 0 Å². The van der Waals surface area contributed by atoms with E-state index in [9.17, 15) is 15.0 Å². The van der Waals surface area contributed by atoms with Gasteiger partial charge in [-0.3, -0.25) is 10.1 Å². The minimum Gasteiger partial charge on any atom is -0.481 e. The predicted octanol–water partition coefficient (Wildman–Crippen LogP) is 6.85. The maximum absolute atomic E-state index is 12.4. The van der Waals surface area contributed by atoms with Crippen LogP contribution in [-0.4, -0.2) is 106 Å². The van der Waals surface area contributed by atoms with Crippen molar-refractivity contribution >= 4 is 5.97 Å². The molecule has 13 nitrogen and oxygen atoms in total. The predicted molar refractivity (Wildman–Crippen MR) is 223 cm³/mol. The van der Waals surface area contributed by atoms with Gasteiger partial charge in [0.25, 0.3) is 0 Å². The summed E-state index contributed by atoms with van der Waals surface area (Å²) in [5, 5.41) is 37.4. The van der Waals surface area contributed by atoms with Crippen molar-refractivity contribution in [3.63, 3.8) is 0 Å². The molecule has 8 saturated heterocycles. The molecule has 342 valence electrons. The van der Waals surface area contributed by atoms with Gasteiger partial charge in [0.15, 0.2) is 29.4 Å². The number of nitrogens with one attached hydrogen (secondary N) is 1. The fourth-order valence-electron chi connectivity index (χ4n) is 13.2. The first-order valence-corrected chi connectivity index (χ1v) is 23.7. The number of aliphatic carboxylic acids is 1. The summed E-state index contributed by atoms with van der Waals surface area (Å²) in [6.45, 7) is 20.6. The van der Waals surface area contributed by atoms with Gasteiger partial charge in [0, 0.05) is 62.8 Å². The molecule has 8 fully saturated rings. The number of carboxylic acid groups (broad SMARTS) is 1. The molecule has 2 bridgehead atoms. The molecule has 20 atom stereocenters. The maximum Gasteiger partial charge on any atom is 0.303 e. The molecule has 13 heteroatoms. The monoisotopic (exact) mass is 856 g/mol. The maximum atomic E-state index is 12.4. The van der Waals surface area contributed by atoms with Crippen molar-refractivity contribution in [2.75, 3.05) is 6.54 Å². The Hall–Kier alpha value is -1.75. The minimum absolute atomic E-state index is 0.000687. The van der Waals surface area contributed by atoms with Crippen LogP contribution in [0.5, 0.6) is 0 Å². The van der Waals surface area contributed by atoms with Crippen molar-refractivity contribution in [1.29, 1.82) is 0 Å². The summed E-state index contributed by atoms with van der Waals surface area (Å²) in [5.74, 6) is -4.46. The standard InChI is InChI=1S/C48H73NO12/c1-26-16-35(11-9-10-12-39(50)51)55-44(21-26)13-14-47(61-44)32(7)19-34-20-37(54-43(34)60-47)42(52)48(53)33(8)18-29(4)40(59-48)30(5)23-45-22-27(2)17-36(56-45)41-38(57-45)24-46(58-41)31(6)15-28(3)25-49-46/h9,11,21,27-29,31-38,40-43,49,52-53H,5,10,12-20,22-25H2,1-4,6-8H3,(H,50,51). The molecule has 9 rings (SSSR count). The molecular weight excluding hydrogens is 783 g/mol. The molecule has 9 aliphatic rings. The van der Waals surface area contributed by atoms with Gasteiger partial charge in [0.05, 0.1) is 30.5 Å². The van der Waals surface area contributed by atoms with Gasteiger partial charge >= 0.3 is 5.97 Å². The molecule has 61 heavy (non-hydrogen) atoms. The lowest BCUT2D eigenvalue weighted by Crippen LogP contribution is -2.62. The lowest BCUT2D eigenvalue weighted by atomic mass is 9.76. The zero-order valence-corrected chi connectivity index (χ0v) is 37.5. The first kappa shape index (κ1) is 44.5. The van der Waals surface area contributed by atoms with E-state index in [0.717, 1.165) is 49.8 Å². The van der Waals surface area contributed by atoms with Gasteiger partial charge in [0.2, 0.25) is 0 Å². The third-order valence-electron chi connectivity index (χ3n) is 16.2. The molecule has 0 saturated carbocycles. The van der Waals surface area contributed by atoms with E-state index in [4.69, 9.17) is 43.0 Å². The number of ether oxygens (including phenoxy) is 8. The summed E-state index contributed by atoms with van der Waals surface area (Å²) in [4.78, 5) is 11.0. The van der Waals surface area contributed by atoms with Crippen molar-refractivity contribution in [1.82, 2.24) is 5.32 Å². The molecule has 4 N–H and O–H groups in total. The summed E-state index contributed by atoms with van der Waals surface area (Å²) < 4.78 is 54.2. The molecule has 0 aromatic heterocycles. The summed E-state index contributed by atoms with van der Waals surface area (Å²) in [5.41, 5.74) is 1.53. The molecule has 3 spiro atoms. The number of aliphatic hydroxyl groups is 2. The normalized spacial score (nSPS) is 52.4.